The van der Waals surface area contributed by atoms with Gasteiger partial charge in [0, 0.05) is 13.0 Å². The molecule has 0 saturated carbocycles. The highest BCUT2D eigenvalue weighted by atomic mass is 16.5. The second-order valence-corrected chi connectivity index (χ2v) is 6.02. The molecule has 1 amide bonds. The van der Waals surface area contributed by atoms with E-state index >= 15 is 0 Å². The van der Waals surface area contributed by atoms with Crippen LogP contribution >= 0.6 is 0 Å². The number of hydrogen-bond acceptors (Lipinski definition) is 2. The lowest BCUT2D eigenvalue weighted by atomic mass is 9.99. The van der Waals surface area contributed by atoms with E-state index in [1.807, 2.05) is 19.1 Å². The lowest BCUT2D eigenvalue weighted by molar-refractivity contribution is -0.121. The number of benzene rings is 1. The van der Waals surface area contributed by atoms with Gasteiger partial charge in [-0.1, -0.05) is 45.2 Å². The summed E-state index contributed by atoms with van der Waals surface area (Å²) >= 11 is 0. The summed E-state index contributed by atoms with van der Waals surface area (Å²) in [6, 6.07) is 6.11. The van der Waals surface area contributed by atoms with E-state index in [1.54, 1.807) is 7.11 Å². The Morgan fingerprint density at radius 3 is 2.68 bits per heavy atom. The van der Waals surface area contributed by atoms with Gasteiger partial charge in [0.1, 0.15) is 5.75 Å². The van der Waals surface area contributed by atoms with Crippen molar-refractivity contribution < 1.29 is 9.53 Å². The zero-order valence-electron chi connectivity index (χ0n) is 14.6. The van der Waals surface area contributed by atoms with Crippen LogP contribution in [-0.2, 0) is 11.2 Å². The minimum absolute atomic E-state index is 0.156. The lowest BCUT2D eigenvalue weighted by Gasteiger charge is -2.15. The third kappa shape index (κ3) is 6.50. The Balaban J connectivity index is 2.35. The van der Waals surface area contributed by atoms with Crippen LogP contribution in [0.2, 0.25) is 0 Å². The summed E-state index contributed by atoms with van der Waals surface area (Å²) in [7, 11) is 1.68. The summed E-state index contributed by atoms with van der Waals surface area (Å²) in [6.45, 7) is 7.26. The van der Waals surface area contributed by atoms with Crippen molar-refractivity contribution in [1.82, 2.24) is 5.32 Å². The smallest absolute Gasteiger partial charge is 0.220 e. The van der Waals surface area contributed by atoms with Gasteiger partial charge in [0.05, 0.1) is 7.11 Å². The molecule has 0 saturated heterocycles. The zero-order chi connectivity index (χ0) is 16.4. The Hall–Kier alpha value is -1.51. The number of carbonyl (C=O) groups is 1. The van der Waals surface area contributed by atoms with Gasteiger partial charge in [-0.25, -0.2) is 0 Å². The van der Waals surface area contributed by atoms with Crippen LogP contribution in [0.25, 0.3) is 0 Å². The van der Waals surface area contributed by atoms with E-state index in [0.717, 1.165) is 30.7 Å². The predicted octanol–water partition coefficient (Wildman–Crippen LogP) is 4.27. The maximum atomic E-state index is 12.0. The Morgan fingerprint density at radius 1 is 1.32 bits per heavy atom. The molecule has 1 aromatic carbocycles. The summed E-state index contributed by atoms with van der Waals surface area (Å²) in [5.74, 6) is 1.67. The van der Waals surface area contributed by atoms with Crippen LogP contribution in [0.1, 0.15) is 57.1 Å². The largest absolute Gasteiger partial charge is 0.496 e. The molecule has 0 spiro atoms. The third-order valence-corrected chi connectivity index (χ3v) is 4.23. The van der Waals surface area contributed by atoms with Crippen LogP contribution < -0.4 is 10.1 Å². The monoisotopic (exact) mass is 305 g/mol. The molecule has 0 aliphatic heterocycles. The molecule has 0 radical (unpaired) electrons. The quantitative estimate of drug-likeness (QED) is 0.701. The summed E-state index contributed by atoms with van der Waals surface area (Å²) < 4.78 is 5.26. The molecule has 1 N–H and O–H groups in total. The lowest BCUT2D eigenvalue weighted by Crippen LogP contribution is -2.29. The number of methoxy groups -OCH3 is 1. The Kier molecular flexibility index (Phi) is 8.64. The number of carbonyl (C=O) groups excluding carboxylic acids is 1. The third-order valence-electron chi connectivity index (χ3n) is 4.23. The van der Waals surface area contributed by atoms with Gasteiger partial charge in [0.25, 0.3) is 0 Å². The Bertz CT molecular complexity index is 457. The van der Waals surface area contributed by atoms with E-state index in [4.69, 9.17) is 4.74 Å². The highest BCUT2D eigenvalue weighted by Crippen LogP contribution is 2.19. The van der Waals surface area contributed by atoms with E-state index in [-0.39, 0.29) is 5.91 Å². The average molecular weight is 305 g/mol. The first-order valence-corrected chi connectivity index (χ1v) is 8.50. The number of aryl methyl sites for hydroxylation is 2. The number of amides is 1. The van der Waals surface area contributed by atoms with Gasteiger partial charge < -0.3 is 10.1 Å². The zero-order valence-corrected chi connectivity index (χ0v) is 14.6. The normalized spacial score (nSPS) is 12.0. The molecular weight excluding hydrogens is 274 g/mol. The van der Waals surface area contributed by atoms with Crippen molar-refractivity contribution in [1.29, 1.82) is 0 Å². The predicted molar refractivity (Wildman–Crippen MR) is 92.4 cm³/mol. The summed E-state index contributed by atoms with van der Waals surface area (Å²) in [4.78, 5) is 12.0. The molecule has 124 valence electrons. The fourth-order valence-corrected chi connectivity index (χ4v) is 2.64. The van der Waals surface area contributed by atoms with Crippen molar-refractivity contribution in [3.8, 4) is 5.75 Å². The van der Waals surface area contributed by atoms with Crippen molar-refractivity contribution in [2.24, 2.45) is 5.92 Å². The van der Waals surface area contributed by atoms with Gasteiger partial charge in [0.15, 0.2) is 0 Å². The second-order valence-electron chi connectivity index (χ2n) is 6.02. The standard InChI is InChI=1S/C19H31NO2/c1-5-7-8-16(6-2)14-20-19(21)12-10-17-9-11-18(22-4)15(3)13-17/h9,11,13,16H,5-8,10,12,14H2,1-4H3,(H,20,21)/t16-/m1/s1. The van der Waals surface area contributed by atoms with E-state index in [0.29, 0.717) is 12.3 Å². The fourth-order valence-electron chi connectivity index (χ4n) is 2.64. The average Bonchev–Trinajstić information content (AvgIpc) is 2.53. The SMILES string of the molecule is CCCC[C@@H](CC)CNC(=O)CCc1ccc(OC)c(C)c1. The number of unbranched alkanes of at least 4 members (excludes halogenated alkanes) is 1. The number of ether oxygens (including phenoxy) is 1. The topological polar surface area (TPSA) is 38.3 Å². The number of rotatable bonds is 10. The van der Waals surface area contributed by atoms with Crippen LogP contribution in [0.3, 0.4) is 0 Å². The van der Waals surface area contributed by atoms with Gasteiger partial charge in [-0.2, -0.15) is 0 Å². The first kappa shape index (κ1) is 18.5. The molecule has 1 aromatic rings. The van der Waals surface area contributed by atoms with Crippen molar-refractivity contribution >= 4 is 5.91 Å². The molecule has 3 nitrogen and oxygen atoms in total. The van der Waals surface area contributed by atoms with Crippen LogP contribution in [-0.4, -0.2) is 19.6 Å². The maximum Gasteiger partial charge on any atom is 0.220 e. The molecule has 0 fully saturated rings. The first-order valence-electron chi connectivity index (χ1n) is 8.50. The van der Waals surface area contributed by atoms with Crippen LogP contribution in [0.15, 0.2) is 18.2 Å². The summed E-state index contributed by atoms with van der Waals surface area (Å²) in [5, 5.41) is 3.09. The van der Waals surface area contributed by atoms with Crippen molar-refractivity contribution in [2.45, 2.75) is 59.3 Å². The molecule has 0 aliphatic carbocycles. The molecule has 0 aromatic heterocycles. The van der Waals surface area contributed by atoms with E-state index in [9.17, 15) is 4.79 Å². The summed E-state index contributed by atoms with van der Waals surface area (Å²) in [5.41, 5.74) is 2.30. The molecule has 3 heteroatoms. The molecule has 1 rings (SSSR count). The van der Waals surface area contributed by atoms with E-state index in [1.165, 1.54) is 24.8 Å². The van der Waals surface area contributed by atoms with E-state index in [2.05, 4.69) is 25.2 Å². The van der Waals surface area contributed by atoms with Crippen LogP contribution in [0, 0.1) is 12.8 Å². The van der Waals surface area contributed by atoms with Gasteiger partial charge >= 0.3 is 0 Å². The minimum atomic E-state index is 0.156. The molecular formula is C19H31NO2. The molecule has 0 heterocycles. The second kappa shape index (κ2) is 10.3. The van der Waals surface area contributed by atoms with Gasteiger partial charge in [-0.3, -0.25) is 4.79 Å². The molecule has 0 unspecified atom stereocenters. The highest BCUT2D eigenvalue weighted by molar-refractivity contribution is 5.76. The van der Waals surface area contributed by atoms with Crippen LogP contribution in [0.4, 0.5) is 0 Å². The molecule has 0 aliphatic rings. The molecule has 0 bridgehead atoms. The summed E-state index contributed by atoms with van der Waals surface area (Å²) in [6.07, 6.45) is 6.15. The van der Waals surface area contributed by atoms with E-state index < -0.39 is 0 Å². The molecule has 22 heavy (non-hydrogen) atoms. The number of nitrogens with one attached hydrogen (secondary N) is 1. The van der Waals surface area contributed by atoms with Gasteiger partial charge in [-0.15, -0.1) is 0 Å². The fraction of sp³-hybridized carbons (Fsp3) is 0.632. The van der Waals surface area contributed by atoms with Crippen molar-refractivity contribution in [3.63, 3.8) is 0 Å². The maximum absolute atomic E-state index is 12.0. The van der Waals surface area contributed by atoms with Crippen LogP contribution in [0.5, 0.6) is 5.75 Å². The number of hydrogen-bond donors (Lipinski definition) is 1. The highest BCUT2D eigenvalue weighted by Gasteiger charge is 2.09. The Morgan fingerprint density at radius 2 is 2.09 bits per heavy atom. The molecule has 1 atom stereocenters. The Labute approximate surface area is 135 Å². The van der Waals surface area contributed by atoms with Crippen molar-refractivity contribution in [2.75, 3.05) is 13.7 Å². The van der Waals surface area contributed by atoms with Crippen molar-refractivity contribution in [3.05, 3.63) is 29.3 Å². The first-order chi connectivity index (χ1) is 10.6. The van der Waals surface area contributed by atoms with Gasteiger partial charge in [0.2, 0.25) is 5.91 Å². The van der Waals surface area contributed by atoms with Gasteiger partial charge in [-0.05, 0) is 42.9 Å². The minimum Gasteiger partial charge on any atom is -0.496 e.